The molecule has 0 saturated carbocycles. The molecule has 0 radical (unpaired) electrons. The van der Waals surface area contributed by atoms with Gasteiger partial charge in [0.25, 0.3) is 11.1 Å². The summed E-state index contributed by atoms with van der Waals surface area (Å²) in [4.78, 5) is 21.8. The van der Waals surface area contributed by atoms with E-state index in [2.05, 4.69) is 0 Å². The summed E-state index contributed by atoms with van der Waals surface area (Å²) in [5, 5.41) is 0.995. The Morgan fingerprint density at radius 3 is 2.09 bits per heavy atom. The van der Waals surface area contributed by atoms with Crippen molar-refractivity contribution in [3.8, 4) is 0 Å². The van der Waals surface area contributed by atoms with Crippen molar-refractivity contribution in [2.24, 2.45) is 0 Å². The SMILES string of the molecule is O=C1NC(=O)/C(=C/c2cc(C(F)(F)F)ccc2C(F)(F)F)S1. The summed E-state index contributed by atoms with van der Waals surface area (Å²) in [6, 6.07) is 0.874. The monoisotopic (exact) mass is 341 g/mol. The summed E-state index contributed by atoms with van der Waals surface area (Å²) < 4.78 is 76.3. The van der Waals surface area contributed by atoms with Crippen LogP contribution in [-0.2, 0) is 17.1 Å². The van der Waals surface area contributed by atoms with Crippen LogP contribution in [0.3, 0.4) is 0 Å². The number of imide groups is 1. The average Bonchev–Trinajstić information content (AvgIpc) is 2.65. The van der Waals surface area contributed by atoms with Crippen LogP contribution in [0, 0.1) is 0 Å². The molecule has 3 nitrogen and oxygen atoms in total. The maximum absolute atomic E-state index is 12.8. The van der Waals surface area contributed by atoms with E-state index >= 15 is 0 Å². The van der Waals surface area contributed by atoms with Gasteiger partial charge in [-0.15, -0.1) is 0 Å². The number of hydrogen-bond donors (Lipinski definition) is 1. The predicted octanol–water partition coefficient (Wildman–Crippen LogP) is 4.05. The zero-order chi connectivity index (χ0) is 16.7. The Morgan fingerprint density at radius 2 is 1.64 bits per heavy atom. The third-order valence-electron chi connectivity index (χ3n) is 2.61. The van der Waals surface area contributed by atoms with E-state index in [4.69, 9.17) is 0 Å². The van der Waals surface area contributed by atoms with E-state index < -0.39 is 45.1 Å². The van der Waals surface area contributed by atoms with Crippen LogP contribution in [0.1, 0.15) is 16.7 Å². The van der Waals surface area contributed by atoms with E-state index in [0.29, 0.717) is 23.9 Å². The maximum Gasteiger partial charge on any atom is 0.416 e. The second kappa shape index (κ2) is 5.34. The molecule has 22 heavy (non-hydrogen) atoms. The first-order valence-corrected chi connectivity index (χ1v) is 6.33. The van der Waals surface area contributed by atoms with Crippen molar-refractivity contribution in [2.75, 3.05) is 0 Å². The molecule has 1 N–H and O–H groups in total. The van der Waals surface area contributed by atoms with Gasteiger partial charge in [-0.25, -0.2) is 0 Å². The van der Waals surface area contributed by atoms with Gasteiger partial charge in [-0.3, -0.25) is 14.9 Å². The molecule has 1 heterocycles. The van der Waals surface area contributed by atoms with E-state index in [1.54, 1.807) is 5.32 Å². The molecule has 0 aromatic heterocycles. The Hall–Kier alpha value is -1.97. The molecular formula is C12H5F6NO2S. The largest absolute Gasteiger partial charge is 0.416 e. The average molecular weight is 341 g/mol. The number of carbonyl (C=O) groups excluding carboxylic acids is 2. The van der Waals surface area contributed by atoms with Gasteiger partial charge in [0, 0.05) is 0 Å². The van der Waals surface area contributed by atoms with E-state index in [0.717, 1.165) is 0 Å². The summed E-state index contributed by atoms with van der Waals surface area (Å²) in [5.41, 5.74) is -3.46. The number of alkyl halides is 6. The number of amides is 2. The fourth-order valence-corrected chi connectivity index (χ4v) is 2.35. The third kappa shape index (κ3) is 3.43. The molecule has 1 aromatic carbocycles. The van der Waals surface area contributed by atoms with Crippen molar-refractivity contribution in [2.45, 2.75) is 12.4 Å². The minimum absolute atomic E-state index is 0.284. The quantitative estimate of drug-likeness (QED) is 0.619. The molecule has 0 unspecified atom stereocenters. The van der Waals surface area contributed by atoms with Gasteiger partial charge in [-0.1, -0.05) is 0 Å². The predicted molar refractivity (Wildman–Crippen MR) is 65.6 cm³/mol. The zero-order valence-electron chi connectivity index (χ0n) is 10.3. The van der Waals surface area contributed by atoms with Crippen molar-refractivity contribution in [3.05, 3.63) is 39.8 Å². The number of hydrogen-bond acceptors (Lipinski definition) is 3. The van der Waals surface area contributed by atoms with Gasteiger partial charge in [0.15, 0.2) is 0 Å². The lowest BCUT2D eigenvalue weighted by molar-refractivity contribution is -0.141. The number of benzene rings is 1. The Balaban J connectivity index is 2.58. The van der Waals surface area contributed by atoms with Crippen LogP contribution in [0.4, 0.5) is 31.1 Å². The van der Waals surface area contributed by atoms with E-state index in [1.165, 1.54) is 0 Å². The topological polar surface area (TPSA) is 46.2 Å². The number of rotatable bonds is 1. The van der Waals surface area contributed by atoms with Crippen molar-refractivity contribution in [1.82, 2.24) is 5.32 Å². The lowest BCUT2D eigenvalue weighted by atomic mass is 10.0. The van der Waals surface area contributed by atoms with Gasteiger partial charge in [0.1, 0.15) is 0 Å². The van der Waals surface area contributed by atoms with Crippen LogP contribution in [0.2, 0.25) is 0 Å². The van der Waals surface area contributed by atoms with Crippen LogP contribution in [0.25, 0.3) is 6.08 Å². The molecule has 118 valence electrons. The lowest BCUT2D eigenvalue weighted by Gasteiger charge is -2.14. The van der Waals surface area contributed by atoms with Gasteiger partial charge in [0.05, 0.1) is 16.0 Å². The van der Waals surface area contributed by atoms with Crippen molar-refractivity contribution in [3.63, 3.8) is 0 Å². The van der Waals surface area contributed by atoms with Crippen LogP contribution < -0.4 is 5.32 Å². The molecule has 0 aliphatic carbocycles. The van der Waals surface area contributed by atoms with E-state index in [-0.39, 0.29) is 12.1 Å². The van der Waals surface area contributed by atoms with Crippen LogP contribution >= 0.6 is 11.8 Å². The Morgan fingerprint density at radius 1 is 1.00 bits per heavy atom. The molecule has 0 bridgehead atoms. The molecule has 0 spiro atoms. The first-order chi connectivity index (χ1) is 9.98. The van der Waals surface area contributed by atoms with E-state index in [1.807, 2.05) is 0 Å². The van der Waals surface area contributed by atoms with E-state index in [9.17, 15) is 35.9 Å². The molecule has 1 aliphatic heterocycles. The molecule has 1 fully saturated rings. The Bertz CT molecular complexity index is 677. The summed E-state index contributed by atoms with van der Waals surface area (Å²) in [6.45, 7) is 0. The van der Waals surface area contributed by atoms with Gasteiger partial charge in [-0.2, -0.15) is 26.3 Å². The molecule has 2 rings (SSSR count). The van der Waals surface area contributed by atoms with Gasteiger partial charge < -0.3 is 0 Å². The van der Waals surface area contributed by atoms with Gasteiger partial charge >= 0.3 is 12.4 Å². The summed E-state index contributed by atoms with van der Waals surface area (Å²) >= 11 is 0.314. The zero-order valence-corrected chi connectivity index (χ0v) is 11.1. The van der Waals surface area contributed by atoms with Crippen molar-refractivity contribution >= 4 is 29.0 Å². The normalized spacial score (nSPS) is 18.0. The highest BCUT2D eigenvalue weighted by Gasteiger charge is 2.37. The Labute approximate surface area is 123 Å². The molecule has 1 aliphatic rings. The minimum Gasteiger partial charge on any atom is -0.282 e. The van der Waals surface area contributed by atoms with Crippen LogP contribution in [0.5, 0.6) is 0 Å². The van der Waals surface area contributed by atoms with Crippen LogP contribution in [-0.4, -0.2) is 11.1 Å². The summed E-state index contributed by atoms with van der Waals surface area (Å²) in [6.07, 6.45) is -9.12. The minimum atomic E-state index is -4.90. The highest BCUT2D eigenvalue weighted by atomic mass is 32.2. The first kappa shape index (κ1) is 16.4. The first-order valence-electron chi connectivity index (χ1n) is 5.52. The van der Waals surface area contributed by atoms with Gasteiger partial charge in [0.2, 0.25) is 0 Å². The number of nitrogens with one attached hydrogen (secondary N) is 1. The standard InChI is InChI=1S/C12H5F6NO2S/c13-11(14,15)6-1-2-7(12(16,17)18)5(3-6)4-8-9(20)19-10(21)22-8/h1-4H,(H,19,20,21)/b8-4-. The molecule has 1 aromatic rings. The summed E-state index contributed by atoms with van der Waals surface area (Å²) in [7, 11) is 0. The smallest absolute Gasteiger partial charge is 0.282 e. The molecule has 10 heteroatoms. The highest BCUT2D eigenvalue weighted by Crippen LogP contribution is 2.38. The molecular weight excluding hydrogens is 336 g/mol. The van der Waals surface area contributed by atoms with Crippen LogP contribution in [0.15, 0.2) is 23.1 Å². The highest BCUT2D eigenvalue weighted by molar-refractivity contribution is 8.18. The number of halogens is 6. The molecule has 2 amide bonds. The second-order valence-electron chi connectivity index (χ2n) is 4.15. The molecule has 1 saturated heterocycles. The lowest BCUT2D eigenvalue weighted by Crippen LogP contribution is -2.18. The molecule has 0 atom stereocenters. The maximum atomic E-state index is 12.8. The summed E-state index contributed by atoms with van der Waals surface area (Å²) in [5.74, 6) is -0.958. The number of carbonyl (C=O) groups is 2. The fourth-order valence-electron chi connectivity index (χ4n) is 1.68. The van der Waals surface area contributed by atoms with Crippen molar-refractivity contribution in [1.29, 1.82) is 0 Å². The van der Waals surface area contributed by atoms with Crippen molar-refractivity contribution < 1.29 is 35.9 Å². The fraction of sp³-hybridized carbons (Fsp3) is 0.167. The van der Waals surface area contributed by atoms with Gasteiger partial charge in [-0.05, 0) is 41.6 Å². The second-order valence-corrected chi connectivity index (χ2v) is 5.16. The third-order valence-corrected chi connectivity index (χ3v) is 3.42. The number of thioether (sulfide) groups is 1. The Kier molecular flexibility index (Phi) is 3.98.